The highest BCUT2D eigenvalue weighted by atomic mass is 15.3. The van der Waals surface area contributed by atoms with Crippen LogP contribution in [-0.2, 0) is 6.54 Å². The van der Waals surface area contributed by atoms with Crippen molar-refractivity contribution in [1.29, 1.82) is 0 Å². The lowest BCUT2D eigenvalue weighted by Crippen LogP contribution is -1.93. The third-order valence-electron chi connectivity index (χ3n) is 1.29. The van der Waals surface area contributed by atoms with E-state index < -0.39 is 0 Å². The first-order chi connectivity index (χ1) is 5.36. The zero-order valence-electron chi connectivity index (χ0n) is 6.54. The molecule has 2 N–H and O–H groups in total. The van der Waals surface area contributed by atoms with Crippen LogP contribution in [0.1, 0.15) is 12.5 Å². The minimum Gasteiger partial charge on any atom is -0.320 e. The van der Waals surface area contributed by atoms with E-state index in [9.17, 15) is 0 Å². The molecule has 3 nitrogen and oxygen atoms in total. The number of aryl methyl sites for hydroxylation is 1. The van der Waals surface area contributed by atoms with Gasteiger partial charge in [0.15, 0.2) is 0 Å². The second kappa shape index (κ2) is 3.79. The molecule has 0 aliphatic rings. The number of rotatable bonds is 1. The van der Waals surface area contributed by atoms with Gasteiger partial charge < -0.3 is 5.73 Å². The highest BCUT2D eigenvalue weighted by Gasteiger charge is 1.90. The molecule has 0 aliphatic carbocycles. The van der Waals surface area contributed by atoms with Crippen LogP contribution in [0.2, 0.25) is 0 Å². The Labute approximate surface area is 66.2 Å². The lowest BCUT2D eigenvalue weighted by atomic mass is 10.4. The van der Waals surface area contributed by atoms with Gasteiger partial charge in [-0.25, -0.2) is 0 Å². The summed E-state index contributed by atoms with van der Waals surface area (Å²) in [5, 5.41) is 4.06. The molecule has 58 valence electrons. The van der Waals surface area contributed by atoms with Crippen molar-refractivity contribution >= 4 is 0 Å². The minimum absolute atomic E-state index is 0.400. The normalized spacial score (nSPS) is 8.91. The van der Waals surface area contributed by atoms with Crippen LogP contribution in [0.4, 0.5) is 0 Å². The number of hydrogen-bond donors (Lipinski definition) is 1. The van der Waals surface area contributed by atoms with Gasteiger partial charge in [0.25, 0.3) is 0 Å². The van der Waals surface area contributed by atoms with E-state index in [0.717, 1.165) is 12.1 Å². The van der Waals surface area contributed by atoms with Crippen LogP contribution in [0, 0.1) is 11.8 Å². The Morgan fingerprint density at radius 1 is 1.73 bits per heavy atom. The van der Waals surface area contributed by atoms with E-state index in [4.69, 9.17) is 5.73 Å². The summed E-state index contributed by atoms with van der Waals surface area (Å²) in [4.78, 5) is 0. The lowest BCUT2D eigenvalue weighted by Gasteiger charge is -1.88. The van der Waals surface area contributed by atoms with E-state index in [2.05, 4.69) is 16.9 Å². The Hall–Kier alpha value is -1.27. The Bertz CT molecular complexity index is 277. The smallest absolute Gasteiger partial charge is 0.0646 e. The fourth-order valence-electron chi connectivity index (χ4n) is 0.754. The molecule has 1 aromatic rings. The number of aromatic nitrogens is 2. The predicted octanol–water partition coefficient (Wildman–Crippen LogP) is 0.213. The molecular weight excluding hydrogens is 138 g/mol. The molecule has 0 bridgehead atoms. The number of hydrogen-bond acceptors (Lipinski definition) is 2. The summed E-state index contributed by atoms with van der Waals surface area (Å²) in [6.07, 6.45) is 3.65. The molecule has 0 spiro atoms. The third kappa shape index (κ3) is 2.10. The second-order valence-corrected chi connectivity index (χ2v) is 2.09. The second-order valence-electron chi connectivity index (χ2n) is 2.09. The van der Waals surface area contributed by atoms with Gasteiger partial charge in [0, 0.05) is 12.7 Å². The molecule has 3 heteroatoms. The highest BCUT2D eigenvalue weighted by Crippen LogP contribution is 1.93. The van der Waals surface area contributed by atoms with Gasteiger partial charge in [-0.3, -0.25) is 4.68 Å². The molecule has 1 rings (SSSR count). The molecule has 0 atom stereocenters. The Morgan fingerprint density at radius 2 is 2.55 bits per heavy atom. The molecular formula is C8H11N3. The molecule has 11 heavy (non-hydrogen) atoms. The zero-order chi connectivity index (χ0) is 8.10. The van der Waals surface area contributed by atoms with Gasteiger partial charge in [-0.1, -0.05) is 11.8 Å². The van der Waals surface area contributed by atoms with Crippen LogP contribution in [-0.4, -0.2) is 16.3 Å². The molecule has 0 amide bonds. The van der Waals surface area contributed by atoms with Crippen molar-refractivity contribution in [3.63, 3.8) is 0 Å². The monoisotopic (exact) mass is 149 g/mol. The topological polar surface area (TPSA) is 43.8 Å². The van der Waals surface area contributed by atoms with Crippen LogP contribution < -0.4 is 5.73 Å². The van der Waals surface area contributed by atoms with Gasteiger partial charge >= 0.3 is 0 Å². The van der Waals surface area contributed by atoms with Gasteiger partial charge in [0.1, 0.15) is 0 Å². The van der Waals surface area contributed by atoms with E-state index in [-0.39, 0.29) is 0 Å². The Balaban J connectivity index is 2.72. The molecule has 0 fully saturated rings. The first kappa shape index (κ1) is 7.83. The van der Waals surface area contributed by atoms with E-state index in [0.29, 0.717) is 6.54 Å². The van der Waals surface area contributed by atoms with E-state index in [1.54, 1.807) is 6.20 Å². The number of nitrogens with two attached hydrogens (primary N) is 1. The van der Waals surface area contributed by atoms with Crippen LogP contribution in [0.3, 0.4) is 0 Å². The Kier molecular flexibility index (Phi) is 2.70. The maximum absolute atomic E-state index is 5.21. The first-order valence-corrected chi connectivity index (χ1v) is 3.58. The van der Waals surface area contributed by atoms with Crippen molar-refractivity contribution in [2.45, 2.75) is 13.5 Å². The van der Waals surface area contributed by atoms with Gasteiger partial charge in [-0.05, 0) is 6.92 Å². The summed E-state index contributed by atoms with van der Waals surface area (Å²) in [6, 6.07) is 0. The fourth-order valence-corrected chi connectivity index (χ4v) is 0.754. The van der Waals surface area contributed by atoms with Gasteiger partial charge in [0.05, 0.1) is 18.3 Å². The Morgan fingerprint density at radius 3 is 3.09 bits per heavy atom. The molecule has 0 aromatic carbocycles. The fraction of sp³-hybridized carbons (Fsp3) is 0.375. The van der Waals surface area contributed by atoms with Gasteiger partial charge in [-0.15, -0.1) is 0 Å². The molecule has 1 aromatic heterocycles. The van der Waals surface area contributed by atoms with E-state index in [1.165, 1.54) is 0 Å². The van der Waals surface area contributed by atoms with Crippen LogP contribution >= 0.6 is 0 Å². The van der Waals surface area contributed by atoms with E-state index in [1.807, 2.05) is 17.8 Å². The van der Waals surface area contributed by atoms with Crippen molar-refractivity contribution in [3.05, 3.63) is 18.0 Å². The van der Waals surface area contributed by atoms with Crippen LogP contribution in [0.5, 0.6) is 0 Å². The molecule has 0 saturated heterocycles. The largest absolute Gasteiger partial charge is 0.320 e. The SMILES string of the molecule is CCn1cc(C#CCN)cn1. The van der Waals surface area contributed by atoms with Crippen molar-refractivity contribution in [2.24, 2.45) is 5.73 Å². The standard InChI is InChI=1S/C8H11N3/c1-2-11-7-8(6-10-11)4-3-5-9/h6-7H,2,5,9H2,1H3. The van der Waals surface area contributed by atoms with Crippen LogP contribution in [0.25, 0.3) is 0 Å². The predicted molar refractivity (Wildman–Crippen MR) is 43.8 cm³/mol. The quantitative estimate of drug-likeness (QED) is 0.580. The number of nitrogens with zero attached hydrogens (tertiary/aromatic N) is 2. The zero-order valence-corrected chi connectivity index (χ0v) is 6.54. The first-order valence-electron chi connectivity index (χ1n) is 3.58. The minimum atomic E-state index is 0.400. The van der Waals surface area contributed by atoms with Gasteiger partial charge in [-0.2, -0.15) is 5.10 Å². The summed E-state index contributed by atoms with van der Waals surface area (Å²) in [6.45, 7) is 3.31. The highest BCUT2D eigenvalue weighted by molar-refractivity contribution is 5.29. The summed E-state index contributed by atoms with van der Waals surface area (Å²) >= 11 is 0. The summed E-state index contributed by atoms with van der Waals surface area (Å²) in [7, 11) is 0. The van der Waals surface area contributed by atoms with E-state index >= 15 is 0 Å². The van der Waals surface area contributed by atoms with Crippen molar-refractivity contribution < 1.29 is 0 Å². The van der Waals surface area contributed by atoms with Crippen molar-refractivity contribution in [1.82, 2.24) is 9.78 Å². The molecule has 1 heterocycles. The molecule has 0 radical (unpaired) electrons. The summed E-state index contributed by atoms with van der Waals surface area (Å²) in [5.74, 6) is 5.67. The summed E-state index contributed by atoms with van der Waals surface area (Å²) in [5.41, 5.74) is 6.14. The van der Waals surface area contributed by atoms with Crippen molar-refractivity contribution in [2.75, 3.05) is 6.54 Å². The summed E-state index contributed by atoms with van der Waals surface area (Å²) < 4.78 is 1.83. The molecule has 0 unspecified atom stereocenters. The van der Waals surface area contributed by atoms with Gasteiger partial charge in [0.2, 0.25) is 0 Å². The molecule has 0 saturated carbocycles. The average molecular weight is 149 g/mol. The maximum Gasteiger partial charge on any atom is 0.0646 e. The molecule has 0 aliphatic heterocycles. The lowest BCUT2D eigenvalue weighted by molar-refractivity contribution is 0.660. The van der Waals surface area contributed by atoms with Crippen molar-refractivity contribution in [3.8, 4) is 11.8 Å². The maximum atomic E-state index is 5.21. The average Bonchev–Trinajstić information content (AvgIpc) is 2.48. The third-order valence-corrected chi connectivity index (χ3v) is 1.29. The van der Waals surface area contributed by atoms with Crippen LogP contribution in [0.15, 0.2) is 12.4 Å².